The standard InChI is InChI=1S/C22H32F2O/c1-2-3-4-5-12-25-20-10-8-17-13-16(6-7-18(17)14-20)19-9-11-21(23)22(24)15-19/h9,11,15-18,20H,2-8,10,12-14H2,1H3. The lowest BCUT2D eigenvalue weighted by atomic mass is 9.65. The number of fused-ring (bicyclic) bond motifs is 1. The quantitative estimate of drug-likeness (QED) is 0.502. The molecule has 25 heavy (non-hydrogen) atoms. The van der Waals surface area contributed by atoms with Crippen LogP contribution in [0.15, 0.2) is 18.2 Å². The predicted octanol–water partition coefficient (Wildman–Crippen LogP) is 6.61. The molecule has 0 aliphatic heterocycles. The number of halogens is 2. The second-order valence-corrected chi connectivity index (χ2v) is 8.07. The van der Waals surface area contributed by atoms with Crippen LogP contribution in [0.1, 0.15) is 82.6 Å². The van der Waals surface area contributed by atoms with Gasteiger partial charge in [0.25, 0.3) is 0 Å². The Morgan fingerprint density at radius 3 is 2.52 bits per heavy atom. The summed E-state index contributed by atoms with van der Waals surface area (Å²) in [5.41, 5.74) is 0.978. The first-order chi connectivity index (χ1) is 12.2. The van der Waals surface area contributed by atoms with Crippen LogP contribution in [0.4, 0.5) is 8.78 Å². The van der Waals surface area contributed by atoms with Crippen molar-refractivity contribution in [2.24, 2.45) is 11.8 Å². The zero-order chi connectivity index (χ0) is 17.6. The molecule has 3 heteroatoms. The molecule has 2 aliphatic rings. The maximum atomic E-state index is 13.5. The third-order valence-corrected chi connectivity index (χ3v) is 6.33. The van der Waals surface area contributed by atoms with Crippen LogP contribution in [-0.2, 0) is 4.74 Å². The van der Waals surface area contributed by atoms with Crippen molar-refractivity contribution >= 4 is 0 Å². The second-order valence-electron chi connectivity index (χ2n) is 8.07. The summed E-state index contributed by atoms with van der Waals surface area (Å²) in [4.78, 5) is 0. The van der Waals surface area contributed by atoms with Gasteiger partial charge >= 0.3 is 0 Å². The van der Waals surface area contributed by atoms with Crippen molar-refractivity contribution in [3.63, 3.8) is 0 Å². The summed E-state index contributed by atoms with van der Waals surface area (Å²) in [6.45, 7) is 3.15. The Labute approximate surface area is 151 Å². The van der Waals surface area contributed by atoms with Gasteiger partial charge in [0.2, 0.25) is 0 Å². The van der Waals surface area contributed by atoms with Crippen LogP contribution < -0.4 is 0 Å². The van der Waals surface area contributed by atoms with E-state index in [0.717, 1.165) is 36.8 Å². The molecule has 2 fully saturated rings. The summed E-state index contributed by atoms with van der Waals surface area (Å²) in [5, 5.41) is 0. The van der Waals surface area contributed by atoms with Crippen molar-refractivity contribution in [1.82, 2.24) is 0 Å². The van der Waals surface area contributed by atoms with Crippen molar-refractivity contribution in [3.8, 4) is 0 Å². The lowest BCUT2D eigenvalue weighted by Crippen LogP contribution is -2.34. The van der Waals surface area contributed by atoms with Gasteiger partial charge < -0.3 is 4.74 Å². The average Bonchev–Trinajstić information content (AvgIpc) is 2.63. The summed E-state index contributed by atoms with van der Waals surface area (Å²) in [5.74, 6) is 0.430. The molecule has 1 nitrogen and oxygen atoms in total. The Kier molecular flexibility index (Phi) is 6.86. The van der Waals surface area contributed by atoms with Gasteiger partial charge in [-0.1, -0.05) is 32.3 Å². The highest BCUT2D eigenvalue weighted by molar-refractivity contribution is 5.22. The van der Waals surface area contributed by atoms with Gasteiger partial charge in [-0.3, -0.25) is 0 Å². The van der Waals surface area contributed by atoms with Gasteiger partial charge in [0.15, 0.2) is 11.6 Å². The number of rotatable bonds is 7. The van der Waals surface area contributed by atoms with Crippen LogP contribution in [0.2, 0.25) is 0 Å². The van der Waals surface area contributed by atoms with Gasteiger partial charge in [0.1, 0.15) is 0 Å². The van der Waals surface area contributed by atoms with E-state index in [4.69, 9.17) is 4.74 Å². The molecule has 0 spiro atoms. The van der Waals surface area contributed by atoms with Crippen LogP contribution >= 0.6 is 0 Å². The van der Waals surface area contributed by atoms with Gasteiger partial charge in [-0.25, -0.2) is 8.78 Å². The maximum absolute atomic E-state index is 13.5. The van der Waals surface area contributed by atoms with E-state index < -0.39 is 11.6 Å². The fourth-order valence-electron chi connectivity index (χ4n) is 4.85. The van der Waals surface area contributed by atoms with Crippen LogP contribution in [0.5, 0.6) is 0 Å². The van der Waals surface area contributed by atoms with Crippen molar-refractivity contribution in [2.75, 3.05) is 6.61 Å². The molecule has 3 rings (SSSR count). The van der Waals surface area contributed by atoms with Crippen molar-refractivity contribution in [2.45, 2.75) is 83.2 Å². The Hall–Kier alpha value is -0.960. The van der Waals surface area contributed by atoms with Crippen molar-refractivity contribution in [1.29, 1.82) is 0 Å². The highest BCUT2D eigenvalue weighted by atomic mass is 19.2. The number of benzene rings is 1. The molecule has 0 radical (unpaired) electrons. The first kappa shape index (κ1) is 18.8. The Morgan fingerprint density at radius 1 is 0.920 bits per heavy atom. The minimum Gasteiger partial charge on any atom is -0.378 e. The van der Waals surface area contributed by atoms with Crippen LogP contribution in [0.25, 0.3) is 0 Å². The Bertz CT molecular complexity index is 545. The van der Waals surface area contributed by atoms with E-state index in [2.05, 4.69) is 6.92 Å². The first-order valence-corrected chi connectivity index (χ1v) is 10.2. The molecule has 0 aromatic heterocycles. The zero-order valence-corrected chi connectivity index (χ0v) is 15.5. The topological polar surface area (TPSA) is 9.23 Å². The van der Waals surface area contributed by atoms with Gasteiger partial charge in [0.05, 0.1) is 6.10 Å². The third-order valence-electron chi connectivity index (χ3n) is 6.33. The lowest BCUT2D eigenvalue weighted by Gasteiger charge is -2.42. The van der Waals surface area contributed by atoms with E-state index in [1.165, 1.54) is 63.5 Å². The van der Waals surface area contributed by atoms with E-state index in [1.54, 1.807) is 6.07 Å². The molecule has 1 aromatic rings. The predicted molar refractivity (Wildman–Crippen MR) is 97.7 cm³/mol. The van der Waals surface area contributed by atoms with E-state index in [-0.39, 0.29) is 0 Å². The van der Waals surface area contributed by atoms with Gasteiger partial charge in [-0.05, 0) is 80.4 Å². The molecule has 4 unspecified atom stereocenters. The molecule has 4 atom stereocenters. The van der Waals surface area contributed by atoms with E-state index in [1.807, 2.05) is 0 Å². The largest absolute Gasteiger partial charge is 0.378 e. The molecule has 0 bridgehead atoms. The van der Waals surface area contributed by atoms with Gasteiger partial charge in [0, 0.05) is 6.61 Å². The highest BCUT2D eigenvalue weighted by Gasteiger charge is 2.36. The number of hydrogen-bond donors (Lipinski definition) is 0. The SMILES string of the molecule is CCCCCCOC1CCC2CC(c3ccc(F)c(F)c3)CCC2C1. The summed E-state index contributed by atoms with van der Waals surface area (Å²) in [6, 6.07) is 4.46. The minimum atomic E-state index is -0.742. The summed E-state index contributed by atoms with van der Waals surface area (Å²) >= 11 is 0. The molecule has 0 heterocycles. The fourth-order valence-corrected chi connectivity index (χ4v) is 4.85. The van der Waals surface area contributed by atoms with E-state index in [0.29, 0.717) is 12.0 Å². The molecular formula is C22H32F2O. The molecule has 2 saturated carbocycles. The van der Waals surface area contributed by atoms with Crippen LogP contribution in [0.3, 0.4) is 0 Å². The minimum absolute atomic E-state index is 0.392. The number of unbranched alkanes of at least 4 members (excludes halogenated alkanes) is 3. The van der Waals surface area contributed by atoms with Crippen LogP contribution in [0, 0.1) is 23.5 Å². The molecular weight excluding hydrogens is 318 g/mol. The summed E-state index contributed by atoms with van der Waals surface area (Å²) in [7, 11) is 0. The zero-order valence-electron chi connectivity index (χ0n) is 15.5. The van der Waals surface area contributed by atoms with Gasteiger partial charge in [-0.15, -0.1) is 0 Å². The summed E-state index contributed by atoms with van der Waals surface area (Å²) < 4.78 is 32.8. The molecule has 2 aliphatic carbocycles. The average molecular weight is 350 g/mol. The van der Waals surface area contributed by atoms with E-state index in [9.17, 15) is 8.78 Å². The van der Waals surface area contributed by atoms with Crippen LogP contribution in [-0.4, -0.2) is 12.7 Å². The highest BCUT2D eigenvalue weighted by Crippen LogP contribution is 2.46. The lowest BCUT2D eigenvalue weighted by molar-refractivity contribution is -0.0163. The normalized spacial score (nSPS) is 29.4. The summed E-state index contributed by atoms with van der Waals surface area (Å²) in [6.07, 6.45) is 12.5. The fraction of sp³-hybridized carbons (Fsp3) is 0.727. The van der Waals surface area contributed by atoms with Gasteiger partial charge in [-0.2, -0.15) is 0 Å². The molecule has 0 N–H and O–H groups in total. The van der Waals surface area contributed by atoms with Crippen molar-refractivity contribution < 1.29 is 13.5 Å². The van der Waals surface area contributed by atoms with Crippen molar-refractivity contribution in [3.05, 3.63) is 35.4 Å². The molecule has 0 amide bonds. The first-order valence-electron chi connectivity index (χ1n) is 10.2. The van der Waals surface area contributed by atoms with E-state index >= 15 is 0 Å². The number of ether oxygens (including phenoxy) is 1. The smallest absolute Gasteiger partial charge is 0.159 e. The third kappa shape index (κ3) is 5.03. The molecule has 1 aromatic carbocycles. The Balaban J connectivity index is 1.46. The second kappa shape index (κ2) is 9.12. The number of hydrogen-bond acceptors (Lipinski definition) is 1. The monoisotopic (exact) mass is 350 g/mol. The molecule has 0 saturated heterocycles. The molecule has 140 valence electrons. The Morgan fingerprint density at radius 2 is 1.72 bits per heavy atom. The maximum Gasteiger partial charge on any atom is 0.159 e.